The molecule has 106 valence electrons. The Balaban J connectivity index is 3.03. The molecule has 1 heterocycles. The summed E-state index contributed by atoms with van der Waals surface area (Å²) in [6.07, 6.45) is 0.702. The van der Waals surface area contributed by atoms with Gasteiger partial charge in [0, 0.05) is 23.2 Å². The topological polar surface area (TPSA) is 39.1 Å². The molecule has 1 aromatic carbocycles. The molecule has 3 nitrogen and oxygen atoms in total. The van der Waals surface area contributed by atoms with E-state index in [9.17, 15) is 18.4 Å². The Hall–Kier alpha value is -2.04. The minimum absolute atomic E-state index is 0.0353. The number of hydrogen-bond acceptors (Lipinski definition) is 2. The summed E-state index contributed by atoms with van der Waals surface area (Å²) < 4.78 is 28.2. The molecule has 5 heteroatoms. The van der Waals surface area contributed by atoms with Gasteiger partial charge in [0.05, 0.1) is 5.39 Å². The molecule has 0 saturated heterocycles. The standard InChI is InChI=1S/C15H15F2NO2/c1-4-5-18-8(2)14(9(3)19)10-6-12(16)13(17)7-11(10)15(18)20/h6-7H,4-5H2,1-3H3. The van der Waals surface area contributed by atoms with Crippen molar-refractivity contribution in [3.05, 3.63) is 45.4 Å². The summed E-state index contributed by atoms with van der Waals surface area (Å²) in [5, 5.41) is 0.208. The Bertz CT molecular complexity index is 763. The zero-order valence-corrected chi connectivity index (χ0v) is 11.6. The second-order valence-electron chi connectivity index (χ2n) is 4.79. The van der Waals surface area contributed by atoms with Crippen LogP contribution in [0.4, 0.5) is 8.78 Å². The van der Waals surface area contributed by atoms with E-state index >= 15 is 0 Å². The van der Waals surface area contributed by atoms with E-state index in [1.54, 1.807) is 6.92 Å². The third-order valence-corrected chi connectivity index (χ3v) is 3.37. The van der Waals surface area contributed by atoms with E-state index in [1.165, 1.54) is 11.5 Å². The highest BCUT2D eigenvalue weighted by Gasteiger charge is 2.18. The van der Waals surface area contributed by atoms with Gasteiger partial charge in [-0.3, -0.25) is 9.59 Å². The van der Waals surface area contributed by atoms with Gasteiger partial charge in [-0.1, -0.05) is 6.92 Å². The Morgan fingerprint density at radius 3 is 2.25 bits per heavy atom. The molecular weight excluding hydrogens is 264 g/mol. The fourth-order valence-corrected chi connectivity index (χ4v) is 2.50. The van der Waals surface area contributed by atoms with Crippen LogP contribution in [0.5, 0.6) is 0 Å². The predicted octanol–water partition coefficient (Wildman–Crippen LogP) is 3.20. The van der Waals surface area contributed by atoms with Crippen LogP contribution < -0.4 is 5.56 Å². The maximum atomic E-state index is 13.4. The van der Waals surface area contributed by atoms with Crippen molar-refractivity contribution in [1.29, 1.82) is 0 Å². The second kappa shape index (κ2) is 5.15. The van der Waals surface area contributed by atoms with Gasteiger partial charge in [0.2, 0.25) is 0 Å². The van der Waals surface area contributed by atoms with Crippen molar-refractivity contribution in [1.82, 2.24) is 4.57 Å². The zero-order valence-electron chi connectivity index (χ0n) is 11.6. The van der Waals surface area contributed by atoms with Gasteiger partial charge >= 0.3 is 0 Å². The molecule has 2 rings (SSSR count). The lowest BCUT2D eigenvalue weighted by Crippen LogP contribution is -2.25. The number of Topliss-reactive ketones (excluding diaryl/α,β-unsaturated/α-hetero) is 1. The predicted molar refractivity (Wildman–Crippen MR) is 73.2 cm³/mol. The van der Waals surface area contributed by atoms with E-state index in [2.05, 4.69) is 0 Å². The van der Waals surface area contributed by atoms with Crippen LogP contribution in [0, 0.1) is 18.6 Å². The molecular formula is C15H15F2NO2. The van der Waals surface area contributed by atoms with Crippen molar-refractivity contribution in [2.45, 2.75) is 33.7 Å². The van der Waals surface area contributed by atoms with Gasteiger partial charge in [-0.05, 0) is 32.4 Å². The molecule has 0 fully saturated rings. The van der Waals surface area contributed by atoms with E-state index in [0.29, 0.717) is 18.7 Å². The van der Waals surface area contributed by atoms with E-state index < -0.39 is 17.2 Å². The molecule has 0 amide bonds. The van der Waals surface area contributed by atoms with Crippen molar-refractivity contribution < 1.29 is 13.6 Å². The molecule has 0 atom stereocenters. The van der Waals surface area contributed by atoms with Crippen LogP contribution in [0.25, 0.3) is 10.8 Å². The molecule has 0 aliphatic carbocycles. The molecule has 1 aromatic heterocycles. The minimum Gasteiger partial charge on any atom is -0.312 e. The van der Waals surface area contributed by atoms with E-state index in [0.717, 1.165) is 12.1 Å². The highest BCUT2D eigenvalue weighted by atomic mass is 19.2. The molecule has 0 saturated carbocycles. The number of nitrogens with zero attached hydrogens (tertiary/aromatic N) is 1. The number of hydrogen-bond donors (Lipinski definition) is 0. The fraction of sp³-hybridized carbons (Fsp3) is 0.333. The Kier molecular flexibility index (Phi) is 3.70. The van der Waals surface area contributed by atoms with Gasteiger partial charge in [0.15, 0.2) is 17.4 Å². The monoisotopic (exact) mass is 279 g/mol. The fourth-order valence-electron chi connectivity index (χ4n) is 2.50. The van der Waals surface area contributed by atoms with Gasteiger partial charge in [-0.2, -0.15) is 0 Å². The van der Waals surface area contributed by atoms with Gasteiger partial charge < -0.3 is 4.57 Å². The number of ketones is 1. The summed E-state index contributed by atoms with van der Waals surface area (Å²) in [7, 11) is 0. The molecule has 0 aliphatic rings. The maximum Gasteiger partial charge on any atom is 0.258 e. The Labute approximate surface area is 114 Å². The molecule has 0 unspecified atom stereocenters. The third-order valence-electron chi connectivity index (χ3n) is 3.37. The Morgan fingerprint density at radius 1 is 1.20 bits per heavy atom. The normalized spacial score (nSPS) is 11.1. The average Bonchev–Trinajstić information content (AvgIpc) is 2.37. The first-order valence-electron chi connectivity index (χ1n) is 6.41. The molecule has 0 spiro atoms. The van der Waals surface area contributed by atoms with Crippen molar-refractivity contribution in [3.8, 4) is 0 Å². The molecule has 0 radical (unpaired) electrons. The van der Waals surface area contributed by atoms with Crippen LogP contribution in [0.15, 0.2) is 16.9 Å². The molecule has 20 heavy (non-hydrogen) atoms. The lowest BCUT2D eigenvalue weighted by atomic mass is 10.0. The van der Waals surface area contributed by atoms with Crippen molar-refractivity contribution in [2.24, 2.45) is 0 Å². The van der Waals surface area contributed by atoms with Crippen LogP contribution >= 0.6 is 0 Å². The number of benzene rings is 1. The number of carbonyl (C=O) groups is 1. The first kappa shape index (κ1) is 14.4. The first-order valence-corrected chi connectivity index (χ1v) is 6.41. The minimum atomic E-state index is -1.09. The number of fused-ring (bicyclic) bond motifs is 1. The van der Waals surface area contributed by atoms with Crippen LogP contribution in [-0.2, 0) is 6.54 Å². The third kappa shape index (κ3) is 2.13. The van der Waals surface area contributed by atoms with E-state index in [1.807, 2.05) is 6.92 Å². The van der Waals surface area contributed by atoms with Crippen molar-refractivity contribution in [3.63, 3.8) is 0 Å². The van der Waals surface area contributed by atoms with E-state index in [4.69, 9.17) is 0 Å². The van der Waals surface area contributed by atoms with Gasteiger partial charge in [-0.25, -0.2) is 8.78 Å². The lowest BCUT2D eigenvalue weighted by Gasteiger charge is -2.15. The van der Waals surface area contributed by atoms with E-state index in [-0.39, 0.29) is 22.1 Å². The number of aromatic nitrogens is 1. The van der Waals surface area contributed by atoms with Crippen LogP contribution in [0.1, 0.15) is 36.3 Å². The van der Waals surface area contributed by atoms with Crippen LogP contribution in [0.3, 0.4) is 0 Å². The molecule has 2 aromatic rings. The number of rotatable bonds is 3. The summed E-state index contributed by atoms with van der Waals surface area (Å²) in [5.41, 5.74) is 0.359. The first-order chi connectivity index (χ1) is 9.38. The molecule has 0 bridgehead atoms. The van der Waals surface area contributed by atoms with Gasteiger partial charge in [0.1, 0.15) is 0 Å². The SMILES string of the molecule is CCCn1c(C)c(C(C)=O)c2cc(F)c(F)cc2c1=O. The summed E-state index contributed by atoms with van der Waals surface area (Å²) in [6.45, 7) is 5.33. The largest absolute Gasteiger partial charge is 0.312 e. The van der Waals surface area contributed by atoms with Crippen LogP contribution in [0.2, 0.25) is 0 Å². The smallest absolute Gasteiger partial charge is 0.258 e. The van der Waals surface area contributed by atoms with Crippen molar-refractivity contribution >= 4 is 16.6 Å². The summed E-state index contributed by atoms with van der Waals surface area (Å²) in [4.78, 5) is 24.2. The highest BCUT2D eigenvalue weighted by molar-refractivity contribution is 6.07. The van der Waals surface area contributed by atoms with Gasteiger partial charge in [-0.15, -0.1) is 0 Å². The number of halogens is 2. The lowest BCUT2D eigenvalue weighted by molar-refractivity contribution is 0.101. The van der Waals surface area contributed by atoms with Gasteiger partial charge in [0.25, 0.3) is 5.56 Å². The number of pyridine rings is 1. The van der Waals surface area contributed by atoms with Crippen molar-refractivity contribution in [2.75, 3.05) is 0 Å². The second-order valence-corrected chi connectivity index (χ2v) is 4.79. The molecule has 0 N–H and O–H groups in total. The number of carbonyl (C=O) groups excluding carboxylic acids is 1. The summed E-state index contributed by atoms with van der Waals surface area (Å²) in [6, 6.07) is 1.79. The Morgan fingerprint density at radius 2 is 1.75 bits per heavy atom. The summed E-state index contributed by atoms with van der Waals surface area (Å²) >= 11 is 0. The van der Waals surface area contributed by atoms with Crippen LogP contribution in [-0.4, -0.2) is 10.4 Å². The summed E-state index contributed by atoms with van der Waals surface area (Å²) in [5.74, 6) is -2.42. The quantitative estimate of drug-likeness (QED) is 0.809. The average molecular weight is 279 g/mol. The zero-order chi connectivity index (χ0) is 15.0. The molecule has 0 aliphatic heterocycles. The maximum absolute atomic E-state index is 13.4. The highest BCUT2D eigenvalue weighted by Crippen LogP contribution is 2.23.